The van der Waals surface area contributed by atoms with Crippen LogP contribution in [-0.2, 0) is 11.2 Å². The molecule has 0 aliphatic heterocycles. The van der Waals surface area contributed by atoms with Gasteiger partial charge >= 0.3 is 0 Å². The van der Waals surface area contributed by atoms with Crippen molar-refractivity contribution in [3.05, 3.63) is 108 Å². The van der Waals surface area contributed by atoms with Crippen molar-refractivity contribution >= 4 is 11.5 Å². The van der Waals surface area contributed by atoms with Crippen LogP contribution < -0.4 is 14.8 Å². The van der Waals surface area contributed by atoms with E-state index in [2.05, 4.69) is 23.3 Å². The summed E-state index contributed by atoms with van der Waals surface area (Å²) in [4.78, 5) is 16.8. The van der Waals surface area contributed by atoms with Gasteiger partial charge in [-0.15, -0.1) is 0 Å². The molecule has 1 atom stereocenters. The topological polar surface area (TPSA) is 60.5 Å². The maximum Gasteiger partial charge on any atom is 0.244 e. The lowest BCUT2D eigenvalue weighted by Crippen LogP contribution is -2.33. The van der Waals surface area contributed by atoms with Crippen molar-refractivity contribution in [1.82, 2.24) is 10.3 Å². The monoisotopic (exact) mass is 470 g/mol. The second-order valence-corrected chi connectivity index (χ2v) is 8.26. The lowest BCUT2D eigenvalue weighted by molar-refractivity contribution is -0.117. The van der Waals surface area contributed by atoms with E-state index in [1.165, 1.54) is 5.56 Å². The number of carbonyl (C=O) groups excluding carboxylic acids is 1. The van der Waals surface area contributed by atoms with E-state index in [1.807, 2.05) is 72.9 Å². The molecule has 2 aromatic carbocycles. The van der Waals surface area contributed by atoms with E-state index in [0.29, 0.717) is 0 Å². The fourth-order valence-electron chi connectivity index (χ4n) is 3.86. The molecule has 5 heteroatoms. The van der Waals surface area contributed by atoms with Gasteiger partial charge in [0.25, 0.3) is 0 Å². The first-order chi connectivity index (χ1) is 17.1. The van der Waals surface area contributed by atoms with Gasteiger partial charge in [0.1, 0.15) is 11.5 Å². The number of methoxy groups -OCH3 is 2. The van der Waals surface area contributed by atoms with Crippen LogP contribution in [-0.4, -0.2) is 31.2 Å². The van der Waals surface area contributed by atoms with Gasteiger partial charge in [-0.25, -0.2) is 0 Å². The molecule has 0 unspecified atom stereocenters. The number of nitrogens with zero attached hydrogens (tertiary/aromatic N) is 1. The third-order valence-corrected chi connectivity index (χ3v) is 5.89. The Labute approximate surface area is 208 Å². The lowest BCUT2D eigenvalue weighted by Gasteiger charge is -2.15. The van der Waals surface area contributed by atoms with Gasteiger partial charge in [-0.2, -0.15) is 0 Å². The average molecular weight is 471 g/mol. The van der Waals surface area contributed by atoms with Crippen LogP contribution in [0.15, 0.2) is 91.3 Å². The number of amides is 1. The van der Waals surface area contributed by atoms with E-state index in [0.717, 1.165) is 53.9 Å². The van der Waals surface area contributed by atoms with E-state index >= 15 is 0 Å². The minimum Gasteiger partial charge on any atom is -0.497 e. The summed E-state index contributed by atoms with van der Waals surface area (Å²) in [7, 11) is 3.30. The van der Waals surface area contributed by atoms with Gasteiger partial charge in [-0.1, -0.05) is 49.4 Å². The van der Waals surface area contributed by atoms with Crippen molar-refractivity contribution in [1.29, 1.82) is 0 Å². The number of rotatable bonds is 12. The number of benzene rings is 2. The highest BCUT2D eigenvalue weighted by molar-refractivity contribution is 5.89. The highest BCUT2D eigenvalue weighted by Gasteiger charge is 2.09. The quantitative estimate of drug-likeness (QED) is 0.260. The minimum atomic E-state index is -0.0849. The molecule has 0 saturated carbocycles. The number of hydrogen-bond acceptors (Lipinski definition) is 4. The molecule has 0 spiro atoms. The summed E-state index contributed by atoms with van der Waals surface area (Å²) in [6.07, 6.45) is 12.9. The van der Waals surface area contributed by atoms with Crippen molar-refractivity contribution in [2.45, 2.75) is 38.6 Å². The third kappa shape index (κ3) is 8.14. The van der Waals surface area contributed by atoms with E-state index in [9.17, 15) is 4.79 Å². The molecule has 3 rings (SSSR count). The third-order valence-electron chi connectivity index (χ3n) is 5.89. The number of aromatic nitrogens is 1. The van der Waals surface area contributed by atoms with E-state index in [4.69, 9.17) is 9.47 Å². The SMILES string of the molecule is CC[C@H](CCCc1cccnc1)NC(=O)C=CC=C(c1ccc(OC)cc1)c1ccc(OC)cc1. The van der Waals surface area contributed by atoms with Crippen LogP contribution in [0.25, 0.3) is 5.57 Å². The maximum absolute atomic E-state index is 12.6. The number of pyridine rings is 1. The number of ether oxygens (including phenoxy) is 2. The first-order valence-electron chi connectivity index (χ1n) is 12.0. The van der Waals surface area contributed by atoms with Crippen LogP contribution in [0.1, 0.15) is 42.9 Å². The Morgan fingerprint density at radius 1 is 0.971 bits per heavy atom. The van der Waals surface area contributed by atoms with Crippen LogP contribution in [0.2, 0.25) is 0 Å². The first kappa shape index (κ1) is 25.8. The molecule has 0 aliphatic rings. The molecule has 3 aromatic rings. The summed E-state index contributed by atoms with van der Waals surface area (Å²) in [6, 6.07) is 20.0. The Hall–Kier alpha value is -3.86. The Kier molecular flexibility index (Phi) is 10.1. The van der Waals surface area contributed by atoms with Crippen molar-refractivity contribution < 1.29 is 14.3 Å². The van der Waals surface area contributed by atoms with E-state index in [1.54, 1.807) is 26.5 Å². The number of hydrogen-bond donors (Lipinski definition) is 1. The summed E-state index contributed by atoms with van der Waals surface area (Å²) in [6.45, 7) is 2.10. The van der Waals surface area contributed by atoms with Crippen molar-refractivity contribution in [2.75, 3.05) is 14.2 Å². The first-order valence-corrected chi connectivity index (χ1v) is 12.0. The van der Waals surface area contributed by atoms with E-state index in [-0.39, 0.29) is 11.9 Å². The van der Waals surface area contributed by atoms with Crippen LogP contribution >= 0.6 is 0 Å². The van der Waals surface area contributed by atoms with Gasteiger partial charge in [0.2, 0.25) is 5.91 Å². The molecule has 1 amide bonds. The molecule has 5 nitrogen and oxygen atoms in total. The molecule has 0 bridgehead atoms. The minimum absolute atomic E-state index is 0.0849. The zero-order chi connectivity index (χ0) is 24.9. The van der Waals surface area contributed by atoms with Gasteiger partial charge in [-0.3, -0.25) is 9.78 Å². The molecular formula is C30H34N2O3. The summed E-state index contributed by atoms with van der Waals surface area (Å²) in [5, 5.41) is 3.13. The van der Waals surface area contributed by atoms with Crippen LogP contribution in [0.3, 0.4) is 0 Å². The van der Waals surface area contributed by atoms with Gasteiger partial charge < -0.3 is 14.8 Å². The smallest absolute Gasteiger partial charge is 0.244 e. The molecular weight excluding hydrogens is 436 g/mol. The lowest BCUT2D eigenvalue weighted by atomic mass is 9.97. The molecule has 0 saturated heterocycles. The molecule has 1 N–H and O–H groups in total. The van der Waals surface area contributed by atoms with Crippen LogP contribution in [0.5, 0.6) is 11.5 Å². The second kappa shape index (κ2) is 13.8. The highest BCUT2D eigenvalue weighted by atomic mass is 16.5. The van der Waals surface area contributed by atoms with Crippen molar-refractivity contribution in [3.8, 4) is 11.5 Å². The summed E-state index contributed by atoms with van der Waals surface area (Å²) >= 11 is 0. The Morgan fingerprint density at radius 2 is 1.60 bits per heavy atom. The van der Waals surface area contributed by atoms with Crippen molar-refractivity contribution in [2.24, 2.45) is 0 Å². The van der Waals surface area contributed by atoms with Gasteiger partial charge in [-0.05, 0) is 78.3 Å². The predicted molar refractivity (Wildman–Crippen MR) is 142 cm³/mol. The second-order valence-electron chi connectivity index (χ2n) is 8.26. The van der Waals surface area contributed by atoms with Gasteiger partial charge in [0.15, 0.2) is 0 Å². The Morgan fingerprint density at radius 3 is 2.11 bits per heavy atom. The zero-order valence-electron chi connectivity index (χ0n) is 20.7. The zero-order valence-corrected chi connectivity index (χ0v) is 20.7. The normalized spacial score (nSPS) is 11.6. The number of allylic oxidation sites excluding steroid dienone is 2. The molecule has 1 heterocycles. The molecule has 1 aromatic heterocycles. The summed E-state index contributed by atoms with van der Waals surface area (Å²) in [5.41, 5.74) is 4.29. The molecule has 0 radical (unpaired) electrons. The summed E-state index contributed by atoms with van der Waals surface area (Å²) < 4.78 is 10.6. The highest BCUT2D eigenvalue weighted by Crippen LogP contribution is 2.27. The molecule has 0 fully saturated rings. The van der Waals surface area contributed by atoms with Crippen molar-refractivity contribution in [3.63, 3.8) is 0 Å². The Balaban J connectivity index is 1.66. The van der Waals surface area contributed by atoms with Gasteiger partial charge in [0.05, 0.1) is 14.2 Å². The number of aryl methyl sites for hydroxylation is 1. The fraction of sp³-hybridized carbons (Fsp3) is 0.267. The predicted octanol–water partition coefficient (Wildman–Crippen LogP) is 6.00. The van der Waals surface area contributed by atoms with E-state index < -0.39 is 0 Å². The molecule has 0 aliphatic carbocycles. The molecule has 35 heavy (non-hydrogen) atoms. The number of nitrogens with one attached hydrogen (secondary N) is 1. The number of carbonyl (C=O) groups is 1. The fourth-order valence-corrected chi connectivity index (χ4v) is 3.86. The van der Waals surface area contributed by atoms with Crippen LogP contribution in [0.4, 0.5) is 0 Å². The largest absolute Gasteiger partial charge is 0.497 e. The maximum atomic E-state index is 12.6. The van der Waals surface area contributed by atoms with Crippen LogP contribution in [0, 0.1) is 0 Å². The molecule has 182 valence electrons. The summed E-state index contributed by atoms with van der Waals surface area (Å²) in [5.74, 6) is 1.51. The Bertz CT molecular complexity index is 1060. The standard InChI is InChI=1S/C30H34N2O3/c1-4-26(10-5-8-23-9-7-21-31-22-23)32-30(33)12-6-11-29(24-13-17-27(34-2)18-14-24)25-15-19-28(35-3)20-16-25/h6-7,9,11-22,26H,4-5,8,10H2,1-3H3,(H,32,33)/t26-/m1/s1. The van der Waals surface area contributed by atoms with Gasteiger partial charge in [0, 0.05) is 24.5 Å². The average Bonchev–Trinajstić information content (AvgIpc) is 2.91.